The minimum absolute atomic E-state index is 0.00877. The van der Waals surface area contributed by atoms with Crippen molar-refractivity contribution in [2.24, 2.45) is 0 Å². The highest BCUT2D eigenvalue weighted by atomic mass is 16.5. The molecule has 5 nitrogen and oxygen atoms in total. The summed E-state index contributed by atoms with van der Waals surface area (Å²) in [4.78, 5) is 29.2. The van der Waals surface area contributed by atoms with Crippen LogP contribution in [0.3, 0.4) is 0 Å². The number of carbonyl (C=O) groups excluding carboxylic acids is 2. The molecule has 0 bridgehead atoms. The van der Waals surface area contributed by atoms with Crippen molar-refractivity contribution in [1.29, 1.82) is 0 Å². The molecule has 2 amide bonds. The van der Waals surface area contributed by atoms with Gasteiger partial charge in [0.05, 0.1) is 5.92 Å². The van der Waals surface area contributed by atoms with Crippen LogP contribution >= 0.6 is 0 Å². The number of likely N-dealkylation sites (tertiary alicyclic amines) is 2. The summed E-state index contributed by atoms with van der Waals surface area (Å²) in [5.74, 6) is 0.369. The van der Waals surface area contributed by atoms with Gasteiger partial charge in [0.2, 0.25) is 11.8 Å². The van der Waals surface area contributed by atoms with E-state index in [2.05, 4.69) is 29.2 Å². The summed E-state index contributed by atoms with van der Waals surface area (Å²) in [5, 5.41) is 0. The van der Waals surface area contributed by atoms with E-state index >= 15 is 0 Å². The molecule has 26 heavy (non-hydrogen) atoms. The van der Waals surface area contributed by atoms with E-state index in [-0.39, 0.29) is 23.8 Å². The quantitative estimate of drug-likeness (QED) is 0.835. The van der Waals surface area contributed by atoms with E-state index in [1.807, 2.05) is 4.90 Å². The molecule has 0 saturated carbocycles. The summed E-state index contributed by atoms with van der Waals surface area (Å²) >= 11 is 0. The smallest absolute Gasteiger partial charge is 0.248 e. The Morgan fingerprint density at radius 1 is 1.08 bits per heavy atom. The Morgan fingerprint density at radius 2 is 1.77 bits per heavy atom. The first-order chi connectivity index (χ1) is 12.6. The van der Waals surface area contributed by atoms with Crippen LogP contribution in [0.15, 0.2) is 24.3 Å². The molecule has 1 atom stereocenters. The molecule has 1 aromatic carbocycles. The second-order valence-electron chi connectivity index (χ2n) is 7.97. The number of ether oxygens (including phenoxy) is 1. The zero-order valence-corrected chi connectivity index (χ0v) is 15.6. The number of methoxy groups -OCH3 is 1. The minimum Gasteiger partial charge on any atom is -0.375 e. The number of carbonyl (C=O) groups is 2. The van der Waals surface area contributed by atoms with E-state index in [9.17, 15) is 9.59 Å². The average molecular weight is 356 g/mol. The fourth-order valence-electron chi connectivity index (χ4n) is 5.15. The Morgan fingerprint density at radius 3 is 2.46 bits per heavy atom. The molecule has 1 spiro atoms. The molecule has 0 N–H and O–H groups in total. The molecule has 4 rings (SSSR count). The van der Waals surface area contributed by atoms with E-state index in [0.717, 1.165) is 58.3 Å². The SMILES string of the molecule is COCC(=O)N1CCC2(CC1)C[C@@H](C(=O)N1CCCC1)c1ccccc12. The zero-order valence-electron chi connectivity index (χ0n) is 15.6. The molecule has 0 unspecified atom stereocenters. The molecule has 2 fully saturated rings. The van der Waals surface area contributed by atoms with Crippen molar-refractivity contribution in [3.05, 3.63) is 35.4 Å². The Labute approximate surface area is 155 Å². The summed E-state index contributed by atoms with van der Waals surface area (Å²) in [6.45, 7) is 3.47. The maximum atomic E-state index is 13.1. The van der Waals surface area contributed by atoms with Crippen LogP contribution in [-0.4, -0.2) is 61.5 Å². The van der Waals surface area contributed by atoms with Crippen molar-refractivity contribution in [3.63, 3.8) is 0 Å². The summed E-state index contributed by atoms with van der Waals surface area (Å²) in [7, 11) is 1.56. The number of amides is 2. The lowest BCUT2D eigenvalue weighted by Gasteiger charge is -2.40. The standard InChI is InChI=1S/C21H28N2O3/c1-26-15-19(24)22-12-8-21(9-13-22)14-17(16-6-2-3-7-18(16)21)20(25)23-10-4-5-11-23/h2-3,6-7,17H,4-5,8-15H2,1H3/t17-/m1/s1. The summed E-state index contributed by atoms with van der Waals surface area (Å²) in [6, 6.07) is 8.50. The van der Waals surface area contributed by atoms with Crippen molar-refractivity contribution in [2.45, 2.75) is 43.4 Å². The van der Waals surface area contributed by atoms with Crippen LogP contribution in [0, 0.1) is 0 Å². The lowest BCUT2D eigenvalue weighted by Crippen LogP contribution is -2.45. The van der Waals surface area contributed by atoms with Gasteiger partial charge in [-0.25, -0.2) is 0 Å². The molecular weight excluding hydrogens is 328 g/mol. The lowest BCUT2D eigenvalue weighted by atomic mass is 9.73. The van der Waals surface area contributed by atoms with Gasteiger partial charge in [0, 0.05) is 38.7 Å². The predicted molar refractivity (Wildman–Crippen MR) is 99.0 cm³/mol. The maximum Gasteiger partial charge on any atom is 0.248 e. The second-order valence-corrected chi connectivity index (χ2v) is 7.97. The highest BCUT2D eigenvalue weighted by molar-refractivity contribution is 5.86. The third-order valence-electron chi connectivity index (χ3n) is 6.56. The fraction of sp³-hybridized carbons (Fsp3) is 0.619. The van der Waals surface area contributed by atoms with Gasteiger partial charge in [-0.3, -0.25) is 9.59 Å². The Kier molecular flexibility index (Phi) is 4.74. The van der Waals surface area contributed by atoms with Gasteiger partial charge < -0.3 is 14.5 Å². The molecule has 0 radical (unpaired) electrons. The molecule has 3 aliphatic rings. The first kappa shape index (κ1) is 17.5. The number of hydrogen-bond donors (Lipinski definition) is 0. The average Bonchev–Trinajstić information content (AvgIpc) is 3.30. The van der Waals surface area contributed by atoms with Crippen molar-refractivity contribution in [3.8, 4) is 0 Å². The third kappa shape index (κ3) is 2.92. The van der Waals surface area contributed by atoms with Crippen LogP contribution in [0.1, 0.15) is 49.1 Å². The largest absolute Gasteiger partial charge is 0.375 e. The second kappa shape index (κ2) is 7.03. The molecule has 2 aliphatic heterocycles. The first-order valence-corrected chi connectivity index (χ1v) is 9.79. The highest BCUT2D eigenvalue weighted by Gasteiger charge is 2.48. The molecular formula is C21H28N2O3. The van der Waals surface area contributed by atoms with Crippen molar-refractivity contribution in [2.75, 3.05) is 39.9 Å². The fourth-order valence-corrected chi connectivity index (χ4v) is 5.15. The molecule has 140 valence electrons. The van der Waals surface area contributed by atoms with Crippen molar-refractivity contribution in [1.82, 2.24) is 9.80 Å². The normalized spacial score (nSPS) is 24.1. The Balaban J connectivity index is 1.55. The van der Waals surface area contributed by atoms with Crippen LogP contribution in [0.4, 0.5) is 0 Å². The van der Waals surface area contributed by atoms with Gasteiger partial charge in [-0.15, -0.1) is 0 Å². The lowest BCUT2D eigenvalue weighted by molar-refractivity contribution is -0.137. The van der Waals surface area contributed by atoms with E-state index in [4.69, 9.17) is 4.74 Å². The van der Waals surface area contributed by atoms with Gasteiger partial charge in [0.25, 0.3) is 0 Å². The van der Waals surface area contributed by atoms with E-state index in [1.165, 1.54) is 11.1 Å². The van der Waals surface area contributed by atoms with Crippen molar-refractivity contribution < 1.29 is 14.3 Å². The van der Waals surface area contributed by atoms with Gasteiger partial charge in [0.15, 0.2) is 0 Å². The predicted octanol–water partition coefficient (Wildman–Crippen LogP) is 2.30. The minimum atomic E-state index is -0.00877. The topological polar surface area (TPSA) is 49.9 Å². The van der Waals surface area contributed by atoms with Gasteiger partial charge in [0.1, 0.15) is 6.61 Å². The Bertz CT molecular complexity index is 688. The number of nitrogens with zero attached hydrogens (tertiary/aromatic N) is 2. The molecule has 5 heteroatoms. The maximum absolute atomic E-state index is 13.1. The molecule has 0 aromatic heterocycles. The van der Waals surface area contributed by atoms with Crippen molar-refractivity contribution >= 4 is 11.8 Å². The summed E-state index contributed by atoms with van der Waals surface area (Å²) in [6.07, 6.45) is 5.02. The number of fused-ring (bicyclic) bond motifs is 2. The van der Waals surface area contributed by atoms with Gasteiger partial charge in [-0.1, -0.05) is 24.3 Å². The van der Waals surface area contributed by atoms with Crippen LogP contribution in [0.25, 0.3) is 0 Å². The molecule has 1 aromatic rings. The highest BCUT2D eigenvalue weighted by Crippen LogP contribution is 2.52. The third-order valence-corrected chi connectivity index (χ3v) is 6.56. The van der Waals surface area contributed by atoms with Crippen LogP contribution in [-0.2, 0) is 19.7 Å². The van der Waals surface area contributed by atoms with Crippen LogP contribution in [0.5, 0.6) is 0 Å². The van der Waals surface area contributed by atoms with Gasteiger partial charge in [-0.2, -0.15) is 0 Å². The number of benzene rings is 1. The van der Waals surface area contributed by atoms with Gasteiger partial charge in [-0.05, 0) is 43.2 Å². The van der Waals surface area contributed by atoms with E-state index < -0.39 is 0 Å². The van der Waals surface area contributed by atoms with E-state index in [0.29, 0.717) is 5.91 Å². The molecule has 1 aliphatic carbocycles. The van der Waals surface area contributed by atoms with Crippen LogP contribution < -0.4 is 0 Å². The van der Waals surface area contributed by atoms with Crippen LogP contribution in [0.2, 0.25) is 0 Å². The number of rotatable bonds is 3. The summed E-state index contributed by atoms with van der Waals surface area (Å²) in [5.41, 5.74) is 2.61. The molecule has 2 saturated heterocycles. The Hall–Kier alpha value is -1.88. The van der Waals surface area contributed by atoms with Gasteiger partial charge >= 0.3 is 0 Å². The molecule has 2 heterocycles. The zero-order chi connectivity index (χ0) is 18.1. The number of hydrogen-bond acceptors (Lipinski definition) is 3. The monoisotopic (exact) mass is 356 g/mol. The first-order valence-electron chi connectivity index (χ1n) is 9.79. The number of piperidine rings is 1. The van der Waals surface area contributed by atoms with E-state index in [1.54, 1.807) is 7.11 Å². The summed E-state index contributed by atoms with van der Waals surface area (Å²) < 4.78 is 4.99.